The molecule has 0 aliphatic rings. The van der Waals surface area contributed by atoms with Gasteiger partial charge in [-0.3, -0.25) is 19.3 Å². The summed E-state index contributed by atoms with van der Waals surface area (Å²) >= 11 is 3.95. The van der Waals surface area contributed by atoms with Crippen LogP contribution in [-0.2, 0) is 9.68 Å². The van der Waals surface area contributed by atoms with Gasteiger partial charge in [0.1, 0.15) is 23.3 Å². The smallest absolute Gasteiger partial charge is 0.276 e. The van der Waals surface area contributed by atoms with Crippen molar-refractivity contribution in [1.82, 2.24) is 11.0 Å². The standard InChI is InChI=1S/C18H19F2IN2O3.C17H17F2IN2O3/c1-18(2,25)7-8-26-23-17(24)13-5-3-11(19)9-16(13)22-15-6-4-12(21)10-14(15)20;1-10(23)6-7-25-22-17(24)13-4-2-11(18)8-16(13)21-15-5-3-12(20)9-14(15)19/h3-6,9-10,22,25H,7-8H2,1-2H3,(H,23,24);2-5,8-10,21,23H,6-7H2,1H3,(H,22,24). The fraction of sp³-hybridized carbons (Fsp3) is 0.257. The minimum absolute atomic E-state index is 0.0904. The molecule has 0 heterocycles. The second-order valence-electron chi connectivity index (χ2n) is 11.6. The van der Waals surface area contributed by atoms with Gasteiger partial charge in [-0.2, -0.15) is 0 Å². The van der Waals surface area contributed by atoms with Gasteiger partial charge in [-0.05, 0) is 145 Å². The molecule has 0 saturated heterocycles. The first-order valence-corrected chi connectivity index (χ1v) is 17.5. The fourth-order valence-corrected chi connectivity index (χ4v) is 4.89. The third kappa shape index (κ3) is 14.5. The Morgan fingerprint density at radius 2 is 1.14 bits per heavy atom. The Hall–Kier alpha value is -3.56. The summed E-state index contributed by atoms with van der Waals surface area (Å²) in [6.07, 6.45) is 0.113. The van der Waals surface area contributed by atoms with Gasteiger partial charge in [0.05, 0.1) is 58.8 Å². The third-order valence-electron chi connectivity index (χ3n) is 6.64. The molecule has 0 spiro atoms. The molecule has 4 rings (SSSR count). The molecule has 0 radical (unpaired) electrons. The molecule has 0 fully saturated rings. The first-order chi connectivity index (χ1) is 24.0. The molecular weight excluding hydrogens is 902 g/mol. The molecule has 6 N–H and O–H groups in total. The van der Waals surface area contributed by atoms with Crippen LogP contribution in [0, 0.1) is 30.4 Å². The second kappa shape index (κ2) is 19.9. The molecule has 0 aromatic heterocycles. The molecule has 1 unspecified atom stereocenters. The number of hydrogen-bond acceptors (Lipinski definition) is 8. The van der Waals surface area contributed by atoms with Crippen molar-refractivity contribution in [2.75, 3.05) is 23.8 Å². The SMILES string of the molecule is CC(C)(O)CCONC(=O)c1ccc(F)cc1Nc1ccc(I)cc1F.CC(O)CCONC(=O)c1ccc(F)cc1Nc1ccc(I)cc1F. The molecule has 0 aliphatic carbocycles. The van der Waals surface area contributed by atoms with Crippen LogP contribution in [0.1, 0.15) is 54.3 Å². The molecule has 16 heteroatoms. The largest absolute Gasteiger partial charge is 0.393 e. The van der Waals surface area contributed by atoms with E-state index >= 15 is 0 Å². The number of halogens is 6. The van der Waals surface area contributed by atoms with Gasteiger partial charge in [-0.15, -0.1) is 0 Å². The van der Waals surface area contributed by atoms with Crippen LogP contribution in [0.25, 0.3) is 0 Å². The van der Waals surface area contributed by atoms with Crippen LogP contribution < -0.4 is 21.6 Å². The van der Waals surface area contributed by atoms with Crippen LogP contribution >= 0.6 is 45.2 Å². The summed E-state index contributed by atoms with van der Waals surface area (Å²) in [4.78, 5) is 34.5. The maximum absolute atomic E-state index is 14.0. The van der Waals surface area contributed by atoms with Crippen molar-refractivity contribution in [3.05, 3.63) is 114 Å². The molecule has 4 aromatic carbocycles. The topological polar surface area (TPSA) is 141 Å². The van der Waals surface area contributed by atoms with Gasteiger partial charge in [-0.1, -0.05) is 0 Å². The van der Waals surface area contributed by atoms with Crippen molar-refractivity contribution in [3.8, 4) is 0 Å². The summed E-state index contributed by atoms with van der Waals surface area (Å²) in [5, 5.41) is 24.2. The van der Waals surface area contributed by atoms with Crippen molar-refractivity contribution < 1.29 is 47.0 Å². The summed E-state index contributed by atoms with van der Waals surface area (Å²) in [6, 6.07) is 16.0. The summed E-state index contributed by atoms with van der Waals surface area (Å²) in [5.74, 6) is -3.41. The highest BCUT2D eigenvalue weighted by atomic mass is 127. The van der Waals surface area contributed by atoms with Crippen LogP contribution in [0.15, 0.2) is 72.8 Å². The highest BCUT2D eigenvalue weighted by molar-refractivity contribution is 14.1. The lowest BCUT2D eigenvalue weighted by Crippen LogP contribution is -2.28. The minimum Gasteiger partial charge on any atom is -0.393 e. The van der Waals surface area contributed by atoms with Crippen LogP contribution in [0.3, 0.4) is 0 Å². The van der Waals surface area contributed by atoms with Crippen LogP contribution in [0.2, 0.25) is 0 Å². The van der Waals surface area contributed by atoms with E-state index in [-0.39, 0.29) is 47.1 Å². The van der Waals surface area contributed by atoms with Gasteiger partial charge < -0.3 is 20.8 Å². The van der Waals surface area contributed by atoms with E-state index in [0.29, 0.717) is 20.0 Å². The maximum atomic E-state index is 14.0. The van der Waals surface area contributed by atoms with Crippen LogP contribution in [0.4, 0.5) is 40.3 Å². The Morgan fingerprint density at radius 3 is 1.53 bits per heavy atom. The fourth-order valence-electron chi connectivity index (χ4n) is 3.98. The summed E-state index contributed by atoms with van der Waals surface area (Å²) in [5.41, 5.74) is 4.17. The number of carbonyl (C=O) groups is 2. The van der Waals surface area contributed by atoms with E-state index in [2.05, 4.69) is 21.6 Å². The molecule has 1 atom stereocenters. The first-order valence-electron chi connectivity index (χ1n) is 15.3. The van der Waals surface area contributed by atoms with Crippen LogP contribution in [-0.4, -0.2) is 46.9 Å². The van der Waals surface area contributed by atoms with E-state index in [1.807, 2.05) is 45.2 Å². The second-order valence-corrected chi connectivity index (χ2v) is 14.1. The summed E-state index contributed by atoms with van der Waals surface area (Å²) in [7, 11) is 0. The van der Waals surface area contributed by atoms with Gasteiger partial charge in [0.15, 0.2) is 0 Å². The monoisotopic (exact) mass is 938 g/mol. The normalized spacial score (nSPS) is 11.6. The Morgan fingerprint density at radius 1 is 0.706 bits per heavy atom. The number of aliphatic hydroxyl groups is 2. The van der Waals surface area contributed by atoms with Crippen molar-refractivity contribution in [3.63, 3.8) is 0 Å². The Bertz CT molecular complexity index is 1810. The number of nitrogens with one attached hydrogen (secondary N) is 4. The molecule has 2 amide bonds. The van der Waals surface area contributed by atoms with E-state index in [9.17, 15) is 32.3 Å². The number of amides is 2. The molecule has 10 nitrogen and oxygen atoms in total. The van der Waals surface area contributed by atoms with E-state index < -0.39 is 46.8 Å². The molecule has 51 heavy (non-hydrogen) atoms. The van der Waals surface area contributed by atoms with Gasteiger partial charge in [-0.25, -0.2) is 28.5 Å². The molecule has 0 saturated carbocycles. The van der Waals surface area contributed by atoms with E-state index in [1.54, 1.807) is 32.9 Å². The van der Waals surface area contributed by atoms with E-state index in [1.165, 1.54) is 36.4 Å². The number of carbonyl (C=O) groups excluding carboxylic acids is 2. The first kappa shape index (κ1) is 41.9. The van der Waals surface area contributed by atoms with Crippen LogP contribution in [0.5, 0.6) is 0 Å². The lowest BCUT2D eigenvalue weighted by Gasteiger charge is -2.17. The van der Waals surface area contributed by atoms with Crippen molar-refractivity contribution in [1.29, 1.82) is 0 Å². The van der Waals surface area contributed by atoms with Gasteiger partial charge in [0, 0.05) is 13.6 Å². The quantitative estimate of drug-likeness (QED) is 0.0325. The van der Waals surface area contributed by atoms with Crippen molar-refractivity contribution in [2.24, 2.45) is 0 Å². The highest BCUT2D eigenvalue weighted by Crippen LogP contribution is 2.27. The van der Waals surface area contributed by atoms with E-state index in [0.717, 1.165) is 24.3 Å². The zero-order valence-electron chi connectivity index (χ0n) is 27.6. The molecule has 4 aromatic rings. The predicted molar refractivity (Wildman–Crippen MR) is 202 cm³/mol. The number of hydroxylamine groups is 2. The Kier molecular flexibility index (Phi) is 16.3. The molecular formula is C35H36F4I2N4O6. The molecule has 0 bridgehead atoms. The van der Waals surface area contributed by atoms with Crippen molar-refractivity contribution in [2.45, 2.75) is 45.3 Å². The number of benzene rings is 4. The zero-order chi connectivity index (χ0) is 37.7. The minimum atomic E-state index is -0.921. The van der Waals surface area contributed by atoms with Gasteiger partial charge >= 0.3 is 0 Å². The van der Waals surface area contributed by atoms with Gasteiger partial charge in [0.25, 0.3) is 11.8 Å². The summed E-state index contributed by atoms with van der Waals surface area (Å²) < 4.78 is 56.6. The van der Waals surface area contributed by atoms with Crippen molar-refractivity contribution >= 4 is 79.7 Å². The average molecular weight is 938 g/mol. The number of aliphatic hydroxyl groups excluding tert-OH is 1. The number of rotatable bonds is 14. The van der Waals surface area contributed by atoms with Gasteiger partial charge in [0.2, 0.25) is 0 Å². The number of anilines is 4. The number of hydrogen-bond donors (Lipinski definition) is 6. The Balaban J connectivity index is 0.000000276. The zero-order valence-corrected chi connectivity index (χ0v) is 31.9. The lowest BCUT2D eigenvalue weighted by atomic mass is 10.1. The predicted octanol–water partition coefficient (Wildman–Crippen LogP) is 7.88. The lowest BCUT2D eigenvalue weighted by molar-refractivity contribution is -0.00569. The third-order valence-corrected chi connectivity index (χ3v) is 7.98. The molecule has 0 aliphatic heterocycles. The Labute approximate surface area is 319 Å². The average Bonchev–Trinajstić information content (AvgIpc) is 3.04. The van der Waals surface area contributed by atoms with E-state index in [4.69, 9.17) is 14.8 Å². The highest BCUT2D eigenvalue weighted by Gasteiger charge is 2.17. The maximum Gasteiger partial charge on any atom is 0.276 e. The molecule has 274 valence electrons. The summed E-state index contributed by atoms with van der Waals surface area (Å²) in [6.45, 7) is 5.07.